The van der Waals surface area contributed by atoms with E-state index in [1.54, 1.807) is 23.0 Å². The molecule has 2 atom stereocenters. The Morgan fingerprint density at radius 2 is 2.00 bits per heavy atom. The predicted molar refractivity (Wildman–Crippen MR) is 95.4 cm³/mol. The maximum atomic E-state index is 12.7. The number of nitro benzene ring substituents is 1. The third-order valence-electron chi connectivity index (χ3n) is 4.45. The molecule has 1 aromatic heterocycles. The largest absolute Gasteiger partial charge is 0.333 e. The molecular weight excluding hydrogens is 346 g/mol. The van der Waals surface area contributed by atoms with Gasteiger partial charge in [-0.25, -0.2) is 4.68 Å². The molecule has 8 nitrogen and oxygen atoms in total. The number of nitro groups is 1. The van der Waals surface area contributed by atoms with Crippen LogP contribution >= 0.6 is 12.4 Å². The minimum Gasteiger partial charge on any atom is -0.333 e. The van der Waals surface area contributed by atoms with Crippen molar-refractivity contribution in [3.8, 4) is 5.69 Å². The van der Waals surface area contributed by atoms with Gasteiger partial charge >= 0.3 is 0 Å². The highest BCUT2D eigenvalue weighted by atomic mass is 35.5. The van der Waals surface area contributed by atoms with Gasteiger partial charge in [0.25, 0.3) is 11.6 Å². The predicted octanol–water partition coefficient (Wildman–Crippen LogP) is 2.02. The zero-order valence-electron chi connectivity index (χ0n) is 14.0. The van der Waals surface area contributed by atoms with E-state index in [2.05, 4.69) is 17.3 Å². The number of amides is 1. The van der Waals surface area contributed by atoms with Gasteiger partial charge in [0.1, 0.15) is 0 Å². The molecule has 0 bridgehead atoms. The molecule has 134 valence electrons. The Balaban J connectivity index is 0.00000225. The summed E-state index contributed by atoms with van der Waals surface area (Å²) in [6, 6.07) is 6.39. The number of carbonyl (C=O) groups is 1. The van der Waals surface area contributed by atoms with Gasteiger partial charge in [0.05, 0.1) is 22.4 Å². The minimum absolute atomic E-state index is 0. The summed E-state index contributed by atoms with van der Waals surface area (Å²) in [6.45, 7) is 5.51. The van der Waals surface area contributed by atoms with Crippen LogP contribution in [-0.2, 0) is 0 Å². The zero-order chi connectivity index (χ0) is 17.3. The Kier molecular flexibility index (Phi) is 5.76. The van der Waals surface area contributed by atoms with Crippen LogP contribution in [0, 0.1) is 10.1 Å². The number of nitrogens with zero attached hydrogens (tertiary/aromatic N) is 4. The number of benzene rings is 1. The molecular formula is C16H20ClN5O3. The average Bonchev–Trinajstić information content (AvgIpc) is 3.07. The third-order valence-corrected chi connectivity index (χ3v) is 4.45. The lowest BCUT2D eigenvalue weighted by Crippen LogP contribution is -2.57. The van der Waals surface area contributed by atoms with E-state index in [1.165, 1.54) is 18.3 Å². The van der Waals surface area contributed by atoms with Crippen molar-refractivity contribution >= 4 is 24.0 Å². The van der Waals surface area contributed by atoms with Crippen molar-refractivity contribution in [2.24, 2.45) is 0 Å². The van der Waals surface area contributed by atoms with E-state index in [0.29, 0.717) is 17.8 Å². The summed E-state index contributed by atoms with van der Waals surface area (Å²) in [6.07, 6.45) is 3.19. The average molecular weight is 366 g/mol. The van der Waals surface area contributed by atoms with Crippen LogP contribution in [0.25, 0.3) is 5.69 Å². The maximum Gasteiger partial charge on any atom is 0.269 e. The Morgan fingerprint density at radius 3 is 2.64 bits per heavy atom. The number of hydrogen-bond acceptors (Lipinski definition) is 5. The monoisotopic (exact) mass is 365 g/mol. The molecule has 2 unspecified atom stereocenters. The Morgan fingerprint density at radius 1 is 1.32 bits per heavy atom. The van der Waals surface area contributed by atoms with Crippen molar-refractivity contribution in [1.29, 1.82) is 0 Å². The van der Waals surface area contributed by atoms with Gasteiger partial charge in [-0.05, 0) is 26.0 Å². The standard InChI is InChI=1S/C16H19N5O3.ClH/c1-11-12(2)19(8-7-17-11)16(22)13-9-18-20(10-13)14-3-5-15(6-4-14)21(23)24;/h3-6,9-12,17H,7-8H2,1-2H3;1H. The first-order valence-corrected chi connectivity index (χ1v) is 7.81. The quantitative estimate of drug-likeness (QED) is 0.663. The van der Waals surface area contributed by atoms with Gasteiger partial charge in [0.15, 0.2) is 0 Å². The Hall–Kier alpha value is -2.45. The number of halogens is 1. The van der Waals surface area contributed by atoms with Gasteiger partial charge < -0.3 is 10.2 Å². The number of nitrogens with one attached hydrogen (secondary N) is 1. The van der Waals surface area contributed by atoms with E-state index in [0.717, 1.165) is 6.54 Å². The van der Waals surface area contributed by atoms with Gasteiger partial charge in [0, 0.05) is 43.5 Å². The molecule has 1 aromatic carbocycles. The first kappa shape index (κ1) is 18.9. The molecule has 25 heavy (non-hydrogen) atoms. The number of piperazine rings is 1. The molecule has 1 fully saturated rings. The Bertz CT molecular complexity index is 761. The summed E-state index contributed by atoms with van der Waals surface area (Å²) in [5, 5.41) is 18.3. The fourth-order valence-electron chi connectivity index (χ4n) is 2.81. The second-order valence-electron chi connectivity index (χ2n) is 5.93. The zero-order valence-corrected chi connectivity index (χ0v) is 14.8. The summed E-state index contributed by atoms with van der Waals surface area (Å²) < 4.78 is 1.55. The van der Waals surface area contributed by atoms with Crippen LogP contribution in [0.1, 0.15) is 24.2 Å². The van der Waals surface area contributed by atoms with Crippen molar-refractivity contribution in [3.63, 3.8) is 0 Å². The lowest BCUT2D eigenvalue weighted by atomic mass is 10.1. The van der Waals surface area contributed by atoms with Crippen LogP contribution in [0.4, 0.5) is 5.69 Å². The van der Waals surface area contributed by atoms with E-state index in [1.807, 2.05) is 11.8 Å². The van der Waals surface area contributed by atoms with Crippen molar-refractivity contribution in [2.75, 3.05) is 13.1 Å². The molecule has 1 aliphatic rings. The van der Waals surface area contributed by atoms with Crippen LogP contribution < -0.4 is 5.32 Å². The van der Waals surface area contributed by atoms with Crippen LogP contribution in [0.2, 0.25) is 0 Å². The number of rotatable bonds is 3. The highest BCUT2D eigenvalue weighted by molar-refractivity contribution is 5.94. The molecule has 2 aromatic rings. The molecule has 3 rings (SSSR count). The summed E-state index contributed by atoms with van der Waals surface area (Å²) in [7, 11) is 0. The molecule has 0 radical (unpaired) electrons. The third kappa shape index (κ3) is 3.80. The SMILES string of the molecule is CC1NCCN(C(=O)c2cnn(-c3ccc([N+](=O)[O-])cc3)c2)C1C.Cl. The molecule has 1 aliphatic heterocycles. The van der Waals surface area contributed by atoms with Crippen LogP contribution in [0.3, 0.4) is 0 Å². The van der Waals surface area contributed by atoms with Crippen molar-refractivity contribution in [3.05, 3.63) is 52.3 Å². The van der Waals surface area contributed by atoms with Crippen molar-refractivity contribution in [1.82, 2.24) is 20.0 Å². The highest BCUT2D eigenvalue weighted by Crippen LogP contribution is 2.17. The fraction of sp³-hybridized carbons (Fsp3) is 0.375. The summed E-state index contributed by atoms with van der Waals surface area (Å²) in [4.78, 5) is 24.8. The number of non-ortho nitro benzene ring substituents is 1. The molecule has 2 heterocycles. The minimum atomic E-state index is -0.450. The van der Waals surface area contributed by atoms with E-state index in [4.69, 9.17) is 0 Å². The van der Waals surface area contributed by atoms with Crippen LogP contribution in [-0.4, -0.2) is 50.7 Å². The first-order chi connectivity index (χ1) is 11.5. The second kappa shape index (κ2) is 7.62. The van der Waals surface area contributed by atoms with Gasteiger partial charge in [-0.2, -0.15) is 5.10 Å². The second-order valence-corrected chi connectivity index (χ2v) is 5.93. The molecule has 0 saturated carbocycles. The fourth-order valence-corrected chi connectivity index (χ4v) is 2.81. The van der Waals surface area contributed by atoms with Crippen LogP contribution in [0.5, 0.6) is 0 Å². The van der Waals surface area contributed by atoms with E-state index < -0.39 is 4.92 Å². The summed E-state index contributed by atoms with van der Waals surface area (Å²) >= 11 is 0. The topological polar surface area (TPSA) is 93.3 Å². The number of hydrogen-bond donors (Lipinski definition) is 1. The van der Waals surface area contributed by atoms with Crippen molar-refractivity contribution < 1.29 is 9.72 Å². The molecule has 0 spiro atoms. The Labute approximate surface area is 151 Å². The lowest BCUT2D eigenvalue weighted by Gasteiger charge is -2.38. The molecule has 1 saturated heterocycles. The van der Waals surface area contributed by atoms with E-state index in [-0.39, 0.29) is 36.1 Å². The van der Waals surface area contributed by atoms with Gasteiger partial charge in [-0.15, -0.1) is 12.4 Å². The van der Waals surface area contributed by atoms with Crippen LogP contribution in [0.15, 0.2) is 36.7 Å². The summed E-state index contributed by atoms with van der Waals surface area (Å²) in [5.41, 5.74) is 1.20. The smallest absolute Gasteiger partial charge is 0.269 e. The van der Waals surface area contributed by atoms with E-state index >= 15 is 0 Å². The highest BCUT2D eigenvalue weighted by Gasteiger charge is 2.29. The number of carbonyl (C=O) groups excluding carboxylic acids is 1. The van der Waals surface area contributed by atoms with Gasteiger partial charge in [0.2, 0.25) is 0 Å². The molecule has 1 amide bonds. The molecule has 0 aliphatic carbocycles. The van der Waals surface area contributed by atoms with Crippen molar-refractivity contribution in [2.45, 2.75) is 25.9 Å². The summed E-state index contributed by atoms with van der Waals surface area (Å²) in [5.74, 6) is -0.0518. The van der Waals surface area contributed by atoms with E-state index in [9.17, 15) is 14.9 Å². The first-order valence-electron chi connectivity index (χ1n) is 7.81. The molecule has 9 heteroatoms. The lowest BCUT2D eigenvalue weighted by molar-refractivity contribution is -0.384. The number of aromatic nitrogens is 2. The maximum absolute atomic E-state index is 12.7. The van der Waals surface area contributed by atoms with Gasteiger partial charge in [-0.1, -0.05) is 0 Å². The molecule has 1 N–H and O–H groups in total. The van der Waals surface area contributed by atoms with Gasteiger partial charge in [-0.3, -0.25) is 14.9 Å². The normalized spacial score (nSPS) is 20.0.